The monoisotopic (exact) mass is 720 g/mol. The van der Waals surface area contributed by atoms with Crippen LogP contribution in [0.3, 0.4) is 0 Å². The molecule has 0 unspecified atom stereocenters. The number of nitrogens with zero attached hydrogens (tertiary/aromatic N) is 2. The molecule has 0 saturated heterocycles. The molecule has 0 bridgehead atoms. The third-order valence-corrected chi connectivity index (χ3v) is 11.9. The highest BCUT2D eigenvalue weighted by atomic mass is 15.2. The first-order valence-electron chi connectivity index (χ1n) is 20.1. The Kier molecular flexibility index (Phi) is 8.58. The number of anilines is 6. The fraction of sp³-hybridized carbons (Fsp3) is 0.308. The topological polar surface area (TPSA) is 6.48 Å². The number of fused-ring (bicyclic) bond motifs is 4. The number of hydrogen-bond donors (Lipinski definition) is 0. The normalized spacial score (nSPS) is 14.1. The zero-order chi connectivity index (χ0) is 39.2. The summed E-state index contributed by atoms with van der Waals surface area (Å²) in [5, 5.41) is 0. The van der Waals surface area contributed by atoms with E-state index in [9.17, 15) is 0 Å². The maximum atomic E-state index is 2.58. The number of hydrogen-bond acceptors (Lipinski definition) is 2. The summed E-state index contributed by atoms with van der Waals surface area (Å²) in [5.41, 5.74) is 19.3. The van der Waals surface area contributed by atoms with E-state index in [4.69, 9.17) is 0 Å². The van der Waals surface area contributed by atoms with Gasteiger partial charge in [0.25, 0.3) is 6.71 Å². The summed E-state index contributed by atoms with van der Waals surface area (Å²) < 4.78 is 0. The standard InChI is InChI=1S/C52H57BN2/c1-49(2,3)36-21-25-40(26-22-36)54-44-28-24-37(50(4,5)6)32-43(44)53-42-27-23-38(51(7,8)9)33-47(42)55(46-20-16-19-45(54)48(46)53)41-30-35(34-17-14-13-15-18-34)29-39(31-41)52(10,11)12/h13-33H,1-12H3. The van der Waals surface area contributed by atoms with Crippen molar-refractivity contribution in [1.29, 1.82) is 0 Å². The Morgan fingerprint density at radius 3 is 1.49 bits per heavy atom. The van der Waals surface area contributed by atoms with Crippen molar-refractivity contribution in [2.45, 2.75) is 105 Å². The van der Waals surface area contributed by atoms with Gasteiger partial charge < -0.3 is 9.80 Å². The van der Waals surface area contributed by atoms with Gasteiger partial charge in [0.1, 0.15) is 0 Å². The molecule has 55 heavy (non-hydrogen) atoms. The van der Waals surface area contributed by atoms with E-state index in [-0.39, 0.29) is 28.4 Å². The maximum Gasteiger partial charge on any atom is 0.252 e. The van der Waals surface area contributed by atoms with E-state index in [2.05, 4.69) is 220 Å². The van der Waals surface area contributed by atoms with Crippen LogP contribution in [0.2, 0.25) is 0 Å². The van der Waals surface area contributed by atoms with E-state index in [0.717, 1.165) is 0 Å². The first-order valence-corrected chi connectivity index (χ1v) is 20.1. The van der Waals surface area contributed by atoms with E-state index < -0.39 is 0 Å². The molecular weight excluding hydrogens is 663 g/mol. The zero-order valence-electron chi connectivity index (χ0n) is 35.1. The minimum absolute atomic E-state index is 0.00875. The van der Waals surface area contributed by atoms with Gasteiger partial charge in [-0.1, -0.05) is 162 Å². The number of benzene rings is 6. The van der Waals surface area contributed by atoms with Gasteiger partial charge in [-0.25, -0.2) is 0 Å². The van der Waals surface area contributed by atoms with Crippen molar-refractivity contribution in [3.63, 3.8) is 0 Å². The molecule has 3 heteroatoms. The molecule has 0 aliphatic carbocycles. The van der Waals surface area contributed by atoms with Crippen LogP contribution in [-0.2, 0) is 21.7 Å². The Morgan fingerprint density at radius 2 is 0.891 bits per heavy atom. The van der Waals surface area contributed by atoms with Crippen LogP contribution in [0.5, 0.6) is 0 Å². The van der Waals surface area contributed by atoms with Gasteiger partial charge in [-0.3, -0.25) is 0 Å². The van der Waals surface area contributed by atoms with Crippen LogP contribution in [0, 0.1) is 0 Å². The molecule has 0 aromatic heterocycles. The van der Waals surface area contributed by atoms with Crippen molar-refractivity contribution in [2.24, 2.45) is 0 Å². The quantitative estimate of drug-likeness (QED) is 0.168. The largest absolute Gasteiger partial charge is 0.311 e. The first-order chi connectivity index (χ1) is 25.8. The predicted octanol–water partition coefficient (Wildman–Crippen LogP) is 12.6. The van der Waals surface area contributed by atoms with Gasteiger partial charge in [-0.15, -0.1) is 0 Å². The Hall–Kier alpha value is -5.02. The zero-order valence-corrected chi connectivity index (χ0v) is 35.1. The second-order valence-electron chi connectivity index (χ2n) is 20.0. The lowest BCUT2D eigenvalue weighted by Gasteiger charge is -2.45. The SMILES string of the molecule is CC(C)(C)c1ccc(N2c3ccc(C(C)(C)C)cc3B3c4ccc(C(C)(C)C)cc4N(c4cc(-c5ccccc5)cc(C(C)(C)C)c4)c4cccc2c43)cc1. The van der Waals surface area contributed by atoms with Crippen LogP contribution in [0.4, 0.5) is 34.1 Å². The summed E-state index contributed by atoms with van der Waals surface area (Å²) >= 11 is 0. The van der Waals surface area contributed by atoms with Crippen LogP contribution < -0.4 is 26.2 Å². The molecule has 6 aromatic rings. The second kappa shape index (κ2) is 12.8. The lowest BCUT2D eigenvalue weighted by molar-refractivity contribution is 0.590. The van der Waals surface area contributed by atoms with Crippen molar-refractivity contribution in [1.82, 2.24) is 0 Å². The Bertz CT molecular complexity index is 2410. The maximum absolute atomic E-state index is 2.58. The Balaban J connectivity index is 1.46. The summed E-state index contributed by atoms with van der Waals surface area (Å²) in [5.74, 6) is 0. The van der Waals surface area contributed by atoms with Crippen molar-refractivity contribution >= 4 is 57.2 Å². The third-order valence-electron chi connectivity index (χ3n) is 11.9. The molecule has 2 nitrogen and oxygen atoms in total. The smallest absolute Gasteiger partial charge is 0.252 e. The number of rotatable bonds is 3. The fourth-order valence-electron chi connectivity index (χ4n) is 8.51. The highest BCUT2D eigenvalue weighted by Gasteiger charge is 2.44. The third kappa shape index (κ3) is 6.50. The molecule has 2 aliphatic rings. The van der Waals surface area contributed by atoms with Gasteiger partial charge in [0.2, 0.25) is 0 Å². The fourth-order valence-corrected chi connectivity index (χ4v) is 8.51. The predicted molar refractivity (Wildman–Crippen MR) is 241 cm³/mol. The highest BCUT2D eigenvalue weighted by molar-refractivity contribution is 7.00. The van der Waals surface area contributed by atoms with Crippen molar-refractivity contribution in [3.8, 4) is 11.1 Å². The summed E-state index contributed by atoms with van der Waals surface area (Å²) in [6.07, 6.45) is 0. The molecule has 0 spiro atoms. The molecule has 0 radical (unpaired) electrons. The molecule has 278 valence electrons. The Morgan fingerprint density at radius 1 is 0.345 bits per heavy atom. The van der Waals surface area contributed by atoms with Crippen LogP contribution in [0.1, 0.15) is 105 Å². The molecule has 0 amide bonds. The van der Waals surface area contributed by atoms with E-state index in [1.54, 1.807) is 0 Å². The van der Waals surface area contributed by atoms with Crippen LogP contribution >= 0.6 is 0 Å². The van der Waals surface area contributed by atoms with Gasteiger partial charge in [-0.2, -0.15) is 0 Å². The summed E-state index contributed by atoms with van der Waals surface area (Å²) in [7, 11) is 0. The highest BCUT2D eigenvalue weighted by Crippen LogP contribution is 2.46. The van der Waals surface area contributed by atoms with E-state index in [1.807, 2.05) is 0 Å². The van der Waals surface area contributed by atoms with Crippen molar-refractivity contribution < 1.29 is 0 Å². The summed E-state index contributed by atoms with van der Waals surface area (Å²) in [6, 6.07) is 49.0. The molecule has 0 fully saturated rings. The second-order valence-corrected chi connectivity index (χ2v) is 20.0. The molecule has 2 heterocycles. The van der Waals surface area contributed by atoms with Gasteiger partial charge >= 0.3 is 0 Å². The lowest BCUT2D eigenvalue weighted by Crippen LogP contribution is -2.61. The van der Waals surface area contributed by atoms with Crippen LogP contribution in [-0.4, -0.2) is 6.71 Å². The first kappa shape index (κ1) is 36.9. The molecule has 8 rings (SSSR count). The summed E-state index contributed by atoms with van der Waals surface area (Å²) in [4.78, 5) is 5.11. The van der Waals surface area contributed by atoms with Crippen molar-refractivity contribution in [2.75, 3.05) is 9.80 Å². The summed E-state index contributed by atoms with van der Waals surface area (Å²) in [6.45, 7) is 27.9. The van der Waals surface area contributed by atoms with Gasteiger partial charge in [0.15, 0.2) is 0 Å². The molecule has 2 aliphatic heterocycles. The van der Waals surface area contributed by atoms with E-state index in [0.29, 0.717) is 0 Å². The van der Waals surface area contributed by atoms with E-state index in [1.165, 1.54) is 83.9 Å². The molecule has 6 aromatic carbocycles. The van der Waals surface area contributed by atoms with Gasteiger partial charge in [0.05, 0.1) is 0 Å². The van der Waals surface area contributed by atoms with Crippen LogP contribution in [0.25, 0.3) is 11.1 Å². The minimum Gasteiger partial charge on any atom is -0.311 e. The Labute approximate surface area is 331 Å². The molecule has 0 atom stereocenters. The van der Waals surface area contributed by atoms with Crippen molar-refractivity contribution in [3.05, 3.63) is 150 Å². The average molecular weight is 721 g/mol. The molecule has 0 saturated carbocycles. The molecular formula is C52H57BN2. The van der Waals surface area contributed by atoms with E-state index >= 15 is 0 Å². The van der Waals surface area contributed by atoms with Gasteiger partial charge in [0, 0.05) is 34.1 Å². The average Bonchev–Trinajstić information content (AvgIpc) is 3.13. The minimum atomic E-state index is -0.0393. The van der Waals surface area contributed by atoms with Gasteiger partial charge in [-0.05, 0) is 120 Å². The lowest BCUT2D eigenvalue weighted by atomic mass is 9.33. The molecule has 0 N–H and O–H groups in total. The van der Waals surface area contributed by atoms with Crippen LogP contribution in [0.15, 0.2) is 127 Å².